The minimum Gasteiger partial charge on any atom is -0.463 e. The average molecular weight is 513 g/mol. The molecule has 4 rings (SSSR count). The lowest BCUT2D eigenvalue weighted by atomic mass is 9.85. The predicted molar refractivity (Wildman–Crippen MR) is 137 cm³/mol. The molecule has 5 nitrogen and oxygen atoms in total. The quantitative estimate of drug-likeness (QED) is 0.468. The van der Waals surface area contributed by atoms with E-state index in [1.807, 2.05) is 24.3 Å². The first kappa shape index (κ1) is 25.1. The SMILES string of the molecule is CCOC(=O)C1=C(C)N=c2sc(=Cc3c(F)cccc3Cl)c(=O)n2C1c1ccc(C(C)(C)C)cc1. The van der Waals surface area contributed by atoms with E-state index in [2.05, 4.69) is 25.8 Å². The van der Waals surface area contributed by atoms with E-state index in [0.717, 1.165) is 22.5 Å². The van der Waals surface area contributed by atoms with Gasteiger partial charge in [0.1, 0.15) is 5.82 Å². The molecule has 1 aliphatic heterocycles. The van der Waals surface area contributed by atoms with E-state index < -0.39 is 17.8 Å². The molecule has 0 aliphatic carbocycles. The number of hydrogen-bond donors (Lipinski definition) is 0. The lowest BCUT2D eigenvalue weighted by Crippen LogP contribution is -2.40. The van der Waals surface area contributed by atoms with Gasteiger partial charge in [0.25, 0.3) is 5.56 Å². The van der Waals surface area contributed by atoms with E-state index in [1.165, 1.54) is 22.8 Å². The van der Waals surface area contributed by atoms with Crippen LogP contribution in [0.5, 0.6) is 0 Å². The highest BCUT2D eigenvalue weighted by atomic mass is 35.5. The summed E-state index contributed by atoms with van der Waals surface area (Å²) in [6, 6.07) is 11.5. The summed E-state index contributed by atoms with van der Waals surface area (Å²) in [5, 5.41) is 0.202. The van der Waals surface area contributed by atoms with Crippen LogP contribution in [0.4, 0.5) is 4.39 Å². The zero-order chi connectivity index (χ0) is 25.5. The average Bonchev–Trinajstić information content (AvgIpc) is 3.09. The number of esters is 1. The van der Waals surface area contributed by atoms with Gasteiger partial charge in [-0.3, -0.25) is 9.36 Å². The van der Waals surface area contributed by atoms with Crippen molar-refractivity contribution in [3.63, 3.8) is 0 Å². The van der Waals surface area contributed by atoms with Gasteiger partial charge < -0.3 is 4.74 Å². The Hall–Kier alpha value is -3.03. The Kier molecular flexibility index (Phi) is 6.84. The molecule has 8 heteroatoms. The molecule has 0 saturated heterocycles. The van der Waals surface area contributed by atoms with Gasteiger partial charge in [-0.25, -0.2) is 14.2 Å². The Morgan fingerprint density at radius 3 is 2.51 bits per heavy atom. The van der Waals surface area contributed by atoms with Crippen LogP contribution in [0.1, 0.15) is 57.4 Å². The number of ether oxygens (including phenoxy) is 1. The second kappa shape index (κ2) is 9.55. The molecule has 0 amide bonds. The monoisotopic (exact) mass is 512 g/mol. The van der Waals surface area contributed by atoms with Crippen LogP contribution in [0.15, 0.2) is 63.5 Å². The Labute approximate surface area is 211 Å². The number of rotatable bonds is 4. The first-order valence-electron chi connectivity index (χ1n) is 11.3. The molecule has 35 heavy (non-hydrogen) atoms. The third-order valence-corrected chi connectivity index (χ3v) is 7.20. The zero-order valence-electron chi connectivity index (χ0n) is 20.2. The van der Waals surface area contributed by atoms with Gasteiger partial charge in [-0.2, -0.15) is 0 Å². The number of carbonyl (C=O) groups is 1. The van der Waals surface area contributed by atoms with E-state index in [4.69, 9.17) is 16.3 Å². The lowest BCUT2D eigenvalue weighted by molar-refractivity contribution is -0.139. The standard InChI is InChI=1S/C27H26ClFN2O3S/c1-6-34-25(33)22-15(2)30-26-31(23(22)16-10-12-17(13-11-16)27(3,4)5)24(32)21(35-26)14-18-19(28)8-7-9-20(18)29/h7-14,23H,6H2,1-5H3. The molecule has 0 N–H and O–H groups in total. The summed E-state index contributed by atoms with van der Waals surface area (Å²) in [5.41, 5.74) is 2.36. The van der Waals surface area contributed by atoms with E-state index in [1.54, 1.807) is 19.9 Å². The van der Waals surface area contributed by atoms with Gasteiger partial charge in [-0.05, 0) is 48.6 Å². The predicted octanol–water partition coefficient (Wildman–Crippen LogP) is 4.89. The van der Waals surface area contributed by atoms with Crippen molar-refractivity contribution in [1.29, 1.82) is 0 Å². The number of hydrogen-bond acceptors (Lipinski definition) is 5. The molecule has 0 spiro atoms. The zero-order valence-corrected chi connectivity index (χ0v) is 21.8. The molecule has 0 radical (unpaired) electrons. The smallest absolute Gasteiger partial charge is 0.338 e. The fraction of sp³-hybridized carbons (Fsp3) is 0.296. The number of benzene rings is 2. The number of aromatic nitrogens is 1. The maximum Gasteiger partial charge on any atom is 0.338 e. The van der Waals surface area contributed by atoms with Crippen molar-refractivity contribution in [2.45, 2.75) is 46.1 Å². The highest BCUT2D eigenvalue weighted by Gasteiger charge is 2.33. The second-order valence-electron chi connectivity index (χ2n) is 9.31. The number of carbonyl (C=O) groups excluding carboxylic acids is 1. The van der Waals surface area contributed by atoms with Crippen molar-refractivity contribution in [2.75, 3.05) is 6.61 Å². The maximum absolute atomic E-state index is 14.4. The van der Waals surface area contributed by atoms with Crippen molar-refractivity contribution in [2.24, 2.45) is 4.99 Å². The van der Waals surface area contributed by atoms with Crippen LogP contribution >= 0.6 is 22.9 Å². The van der Waals surface area contributed by atoms with Crippen LogP contribution in [0.25, 0.3) is 6.08 Å². The first-order valence-corrected chi connectivity index (χ1v) is 12.5. The summed E-state index contributed by atoms with van der Waals surface area (Å²) < 4.78 is 21.5. The van der Waals surface area contributed by atoms with Crippen molar-refractivity contribution in [3.05, 3.63) is 101 Å². The van der Waals surface area contributed by atoms with Crippen molar-refractivity contribution in [3.8, 4) is 0 Å². The van der Waals surface area contributed by atoms with Gasteiger partial charge in [-0.1, -0.05) is 74.0 Å². The number of thiazole rings is 1. The van der Waals surface area contributed by atoms with Crippen molar-refractivity contribution >= 4 is 35.0 Å². The topological polar surface area (TPSA) is 60.7 Å². The molecule has 2 heterocycles. The number of nitrogens with zero attached hydrogens (tertiary/aromatic N) is 2. The molecule has 1 unspecified atom stereocenters. The highest BCUT2D eigenvalue weighted by Crippen LogP contribution is 2.32. The summed E-state index contributed by atoms with van der Waals surface area (Å²) in [7, 11) is 0. The summed E-state index contributed by atoms with van der Waals surface area (Å²) in [4.78, 5) is 31.6. The summed E-state index contributed by atoms with van der Waals surface area (Å²) >= 11 is 7.32. The van der Waals surface area contributed by atoms with Crippen molar-refractivity contribution < 1.29 is 13.9 Å². The van der Waals surface area contributed by atoms with Crippen LogP contribution in [0.2, 0.25) is 5.02 Å². The summed E-state index contributed by atoms with van der Waals surface area (Å²) in [6.07, 6.45) is 1.44. The minimum atomic E-state index is -0.724. The third kappa shape index (κ3) is 4.75. The normalized spacial score (nSPS) is 16.2. The van der Waals surface area contributed by atoms with Crippen LogP contribution in [0, 0.1) is 5.82 Å². The van der Waals surface area contributed by atoms with Gasteiger partial charge >= 0.3 is 5.97 Å². The van der Waals surface area contributed by atoms with Crippen LogP contribution in [0.3, 0.4) is 0 Å². The Balaban J connectivity index is 1.96. The molecule has 1 aliphatic rings. The second-order valence-corrected chi connectivity index (χ2v) is 10.7. The van der Waals surface area contributed by atoms with Crippen LogP contribution in [-0.2, 0) is 14.9 Å². The molecular formula is C27H26ClFN2O3S. The first-order chi connectivity index (χ1) is 16.5. The Morgan fingerprint density at radius 1 is 1.23 bits per heavy atom. The minimum absolute atomic E-state index is 0.0539. The van der Waals surface area contributed by atoms with E-state index >= 15 is 0 Å². The molecule has 3 aromatic rings. The largest absolute Gasteiger partial charge is 0.463 e. The molecule has 2 aromatic carbocycles. The fourth-order valence-electron chi connectivity index (χ4n) is 4.05. The Bertz CT molecular complexity index is 1490. The molecule has 1 aromatic heterocycles. The maximum atomic E-state index is 14.4. The molecular weight excluding hydrogens is 487 g/mol. The van der Waals surface area contributed by atoms with Gasteiger partial charge in [0.05, 0.1) is 33.5 Å². The highest BCUT2D eigenvalue weighted by molar-refractivity contribution is 7.07. The van der Waals surface area contributed by atoms with E-state index in [9.17, 15) is 14.0 Å². The van der Waals surface area contributed by atoms with Crippen LogP contribution < -0.4 is 14.9 Å². The molecule has 0 bridgehead atoms. The number of fused-ring (bicyclic) bond motifs is 1. The van der Waals surface area contributed by atoms with Gasteiger partial charge in [0.2, 0.25) is 0 Å². The molecule has 182 valence electrons. The number of allylic oxidation sites excluding steroid dienone is 1. The summed E-state index contributed by atoms with van der Waals surface area (Å²) in [6.45, 7) is 10.0. The molecule has 0 fully saturated rings. The number of halogens is 2. The van der Waals surface area contributed by atoms with Gasteiger partial charge in [0.15, 0.2) is 4.80 Å². The van der Waals surface area contributed by atoms with Crippen molar-refractivity contribution in [1.82, 2.24) is 4.57 Å². The fourth-order valence-corrected chi connectivity index (χ4v) is 5.30. The molecule has 1 atom stereocenters. The van der Waals surface area contributed by atoms with Crippen LogP contribution in [-0.4, -0.2) is 17.1 Å². The van der Waals surface area contributed by atoms with E-state index in [0.29, 0.717) is 16.1 Å². The van der Waals surface area contributed by atoms with E-state index in [-0.39, 0.29) is 32.7 Å². The third-order valence-electron chi connectivity index (χ3n) is 5.88. The van der Waals surface area contributed by atoms with Gasteiger partial charge in [0, 0.05) is 5.56 Å². The lowest BCUT2D eigenvalue weighted by Gasteiger charge is -2.26. The molecule has 0 saturated carbocycles. The summed E-state index contributed by atoms with van der Waals surface area (Å²) in [5.74, 6) is -1.05. The Morgan fingerprint density at radius 2 is 1.91 bits per heavy atom. The van der Waals surface area contributed by atoms with Gasteiger partial charge in [-0.15, -0.1) is 0 Å².